The standard InChI is InChI=1S/C20H26N2O3/c1-13-18(23)14(12-22-9-7-21(2)8-10-22)11-17-15-5-3-4-6-16(15)20(24)25-19(13)17/h11,23H,3-10,12H2,1-2H3/p+2. The number of hydrogen-bond acceptors (Lipinski definition) is 3. The largest absolute Gasteiger partial charge is 0.507 e. The number of rotatable bonds is 2. The third-order valence-electron chi connectivity index (χ3n) is 6.05. The summed E-state index contributed by atoms with van der Waals surface area (Å²) in [7, 11) is 2.24. The van der Waals surface area contributed by atoms with Gasteiger partial charge in [-0.15, -0.1) is 0 Å². The van der Waals surface area contributed by atoms with E-state index in [2.05, 4.69) is 13.1 Å². The van der Waals surface area contributed by atoms with Crippen molar-refractivity contribution in [3.8, 4) is 5.75 Å². The summed E-state index contributed by atoms with van der Waals surface area (Å²) in [5.41, 5.74) is 4.05. The van der Waals surface area contributed by atoms with Crippen molar-refractivity contribution >= 4 is 11.0 Å². The first-order valence-corrected chi connectivity index (χ1v) is 9.49. The zero-order chi connectivity index (χ0) is 17.6. The second-order valence-corrected chi connectivity index (χ2v) is 7.82. The zero-order valence-corrected chi connectivity index (χ0v) is 15.2. The maximum Gasteiger partial charge on any atom is 0.339 e. The summed E-state index contributed by atoms with van der Waals surface area (Å²) >= 11 is 0. The molecular weight excluding hydrogens is 316 g/mol. The van der Waals surface area contributed by atoms with Gasteiger partial charge in [-0.1, -0.05) is 0 Å². The molecule has 0 amide bonds. The van der Waals surface area contributed by atoms with Crippen molar-refractivity contribution < 1.29 is 19.3 Å². The van der Waals surface area contributed by atoms with Crippen molar-refractivity contribution in [2.24, 2.45) is 0 Å². The fourth-order valence-corrected chi connectivity index (χ4v) is 4.41. The highest BCUT2D eigenvalue weighted by Gasteiger charge is 2.25. The number of hydrogen-bond donors (Lipinski definition) is 3. The van der Waals surface area contributed by atoms with Gasteiger partial charge < -0.3 is 19.3 Å². The van der Waals surface area contributed by atoms with Crippen LogP contribution in [0.25, 0.3) is 11.0 Å². The number of phenolic OH excluding ortho intramolecular Hbond substituents is 1. The summed E-state index contributed by atoms with van der Waals surface area (Å²) in [4.78, 5) is 15.4. The number of piperazine rings is 1. The van der Waals surface area contributed by atoms with E-state index in [0.717, 1.165) is 67.4 Å². The van der Waals surface area contributed by atoms with Crippen molar-refractivity contribution in [2.45, 2.75) is 39.2 Å². The Morgan fingerprint density at radius 3 is 2.52 bits per heavy atom. The van der Waals surface area contributed by atoms with E-state index >= 15 is 0 Å². The Kier molecular flexibility index (Phi) is 4.29. The van der Waals surface area contributed by atoms with Gasteiger partial charge >= 0.3 is 5.63 Å². The van der Waals surface area contributed by atoms with Crippen LogP contribution in [-0.4, -0.2) is 38.3 Å². The van der Waals surface area contributed by atoms with Gasteiger partial charge in [-0.3, -0.25) is 0 Å². The van der Waals surface area contributed by atoms with Crippen molar-refractivity contribution in [3.63, 3.8) is 0 Å². The lowest BCUT2D eigenvalue weighted by Gasteiger charge is -2.28. The predicted molar refractivity (Wildman–Crippen MR) is 96.5 cm³/mol. The molecule has 2 aromatic rings. The molecule has 0 unspecified atom stereocenters. The van der Waals surface area contributed by atoms with Gasteiger partial charge in [0.2, 0.25) is 0 Å². The molecule has 2 aliphatic rings. The monoisotopic (exact) mass is 344 g/mol. The average molecular weight is 344 g/mol. The minimum atomic E-state index is -0.217. The molecule has 1 aromatic carbocycles. The van der Waals surface area contributed by atoms with Crippen LogP contribution in [0.5, 0.6) is 5.75 Å². The maximum atomic E-state index is 12.3. The van der Waals surface area contributed by atoms with Crippen LogP contribution >= 0.6 is 0 Å². The number of benzene rings is 1. The Balaban J connectivity index is 1.79. The molecule has 4 rings (SSSR count). The van der Waals surface area contributed by atoms with Crippen LogP contribution in [0.15, 0.2) is 15.3 Å². The predicted octanol–water partition coefficient (Wildman–Crippen LogP) is -0.401. The van der Waals surface area contributed by atoms with Gasteiger partial charge in [0.15, 0.2) is 0 Å². The average Bonchev–Trinajstić information content (AvgIpc) is 2.62. The van der Waals surface area contributed by atoms with Crippen molar-refractivity contribution in [3.05, 3.63) is 38.7 Å². The molecular formula is C20H28N2O3+2. The molecule has 1 aliphatic carbocycles. The first kappa shape index (κ1) is 16.6. The second kappa shape index (κ2) is 6.46. The van der Waals surface area contributed by atoms with Gasteiger partial charge in [0, 0.05) is 22.1 Å². The molecule has 25 heavy (non-hydrogen) atoms. The number of aryl methyl sites for hydroxylation is 2. The van der Waals surface area contributed by atoms with Gasteiger partial charge in [-0.25, -0.2) is 4.79 Å². The van der Waals surface area contributed by atoms with Crippen molar-refractivity contribution in [1.29, 1.82) is 0 Å². The number of quaternary nitrogens is 2. The Morgan fingerprint density at radius 2 is 1.80 bits per heavy atom. The van der Waals surface area contributed by atoms with Crippen LogP contribution in [0.1, 0.15) is 35.1 Å². The van der Waals surface area contributed by atoms with Gasteiger partial charge in [0.1, 0.15) is 44.1 Å². The molecule has 0 bridgehead atoms. The lowest BCUT2D eigenvalue weighted by Crippen LogP contribution is -3.26. The lowest BCUT2D eigenvalue weighted by molar-refractivity contribution is -1.01. The number of likely N-dealkylation sites (N-methyl/N-ethyl adjacent to an activating group) is 1. The topological polar surface area (TPSA) is 59.3 Å². The Morgan fingerprint density at radius 1 is 1.12 bits per heavy atom. The molecule has 0 atom stereocenters. The van der Waals surface area contributed by atoms with Crippen LogP contribution in [0.3, 0.4) is 0 Å². The number of aromatic hydroxyl groups is 1. The molecule has 2 heterocycles. The van der Waals surface area contributed by atoms with Crippen LogP contribution in [0, 0.1) is 6.92 Å². The van der Waals surface area contributed by atoms with E-state index in [9.17, 15) is 9.90 Å². The van der Waals surface area contributed by atoms with Crippen LogP contribution in [0.4, 0.5) is 0 Å². The number of fused-ring (bicyclic) bond motifs is 3. The summed E-state index contributed by atoms with van der Waals surface area (Å²) in [5.74, 6) is 0.296. The van der Waals surface area contributed by atoms with Crippen LogP contribution in [-0.2, 0) is 19.4 Å². The maximum absolute atomic E-state index is 12.3. The smallest absolute Gasteiger partial charge is 0.339 e. The van der Waals surface area contributed by atoms with E-state index in [-0.39, 0.29) is 5.63 Å². The molecule has 5 nitrogen and oxygen atoms in total. The van der Waals surface area contributed by atoms with Crippen molar-refractivity contribution in [1.82, 2.24) is 0 Å². The minimum Gasteiger partial charge on any atom is -0.507 e. The summed E-state index contributed by atoms with van der Waals surface area (Å²) in [6.07, 6.45) is 3.93. The van der Waals surface area contributed by atoms with Crippen LogP contribution < -0.4 is 15.4 Å². The summed E-state index contributed by atoms with van der Waals surface area (Å²) in [6.45, 7) is 7.31. The van der Waals surface area contributed by atoms with E-state index in [1.807, 2.05) is 6.92 Å². The van der Waals surface area contributed by atoms with Gasteiger partial charge in [0.25, 0.3) is 0 Å². The fourth-order valence-electron chi connectivity index (χ4n) is 4.41. The summed E-state index contributed by atoms with van der Waals surface area (Å²) < 4.78 is 5.61. The van der Waals surface area contributed by atoms with E-state index in [1.165, 1.54) is 18.0 Å². The first-order valence-electron chi connectivity index (χ1n) is 9.49. The molecule has 1 saturated heterocycles. The highest BCUT2D eigenvalue weighted by Crippen LogP contribution is 2.34. The molecule has 3 N–H and O–H groups in total. The first-order chi connectivity index (χ1) is 12.0. The van der Waals surface area contributed by atoms with E-state index < -0.39 is 0 Å². The Hall–Kier alpha value is -1.85. The molecule has 5 heteroatoms. The normalized spacial score (nSPS) is 23.6. The number of nitrogens with one attached hydrogen (secondary N) is 2. The minimum absolute atomic E-state index is 0.217. The third-order valence-corrected chi connectivity index (χ3v) is 6.05. The second-order valence-electron chi connectivity index (χ2n) is 7.82. The molecule has 134 valence electrons. The molecule has 1 aromatic heterocycles. The van der Waals surface area contributed by atoms with Gasteiger partial charge in [-0.2, -0.15) is 0 Å². The molecule has 1 fully saturated rings. The quantitative estimate of drug-likeness (QED) is 0.650. The fraction of sp³-hybridized carbons (Fsp3) is 0.550. The Bertz CT molecular complexity index is 864. The Labute approximate surface area is 147 Å². The molecule has 0 radical (unpaired) electrons. The van der Waals surface area contributed by atoms with E-state index in [1.54, 1.807) is 4.90 Å². The number of phenols is 1. The zero-order valence-electron chi connectivity index (χ0n) is 15.2. The molecule has 0 spiro atoms. The van der Waals surface area contributed by atoms with E-state index in [0.29, 0.717) is 16.9 Å². The van der Waals surface area contributed by atoms with Gasteiger partial charge in [-0.05, 0) is 44.2 Å². The third kappa shape index (κ3) is 2.96. The highest BCUT2D eigenvalue weighted by molar-refractivity contribution is 5.87. The summed E-state index contributed by atoms with van der Waals surface area (Å²) in [5, 5.41) is 11.7. The molecule has 1 aliphatic heterocycles. The highest BCUT2D eigenvalue weighted by atomic mass is 16.4. The molecule has 0 saturated carbocycles. The van der Waals surface area contributed by atoms with Crippen molar-refractivity contribution in [2.75, 3.05) is 33.2 Å². The SMILES string of the molecule is Cc1c(O)c(C[NH+]2CC[NH+](C)CC2)cc2c3c(c(=O)oc12)CCCC3. The van der Waals surface area contributed by atoms with Gasteiger partial charge in [0.05, 0.1) is 7.05 Å². The van der Waals surface area contributed by atoms with Crippen LogP contribution in [0.2, 0.25) is 0 Å². The summed E-state index contributed by atoms with van der Waals surface area (Å²) in [6, 6.07) is 2.09. The van der Waals surface area contributed by atoms with E-state index in [4.69, 9.17) is 4.42 Å². The lowest BCUT2D eigenvalue weighted by atomic mass is 9.89.